The number of aryl methyl sites for hydroxylation is 1. The lowest BCUT2D eigenvalue weighted by Gasteiger charge is -2.06. The Morgan fingerprint density at radius 3 is 2.71 bits per heavy atom. The molecule has 124 valence electrons. The van der Waals surface area contributed by atoms with Gasteiger partial charge in [-0.05, 0) is 18.6 Å². The minimum atomic E-state index is -1.13. The SMILES string of the molecule is Cc1ccc(NC(=O)C(=O)Cc2occc(=O)c2O)c([N+](=O)[O-])c1. The van der Waals surface area contributed by atoms with Gasteiger partial charge in [0.25, 0.3) is 11.6 Å². The summed E-state index contributed by atoms with van der Waals surface area (Å²) in [5, 5.41) is 22.6. The number of anilines is 1. The van der Waals surface area contributed by atoms with Gasteiger partial charge in [0.15, 0.2) is 5.76 Å². The van der Waals surface area contributed by atoms with Gasteiger partial charge in [0, 0.05) is 12.1 Å². The summed E-state index contributed by atoms with van der Waals surface area (Å²) in [6.07, 6.45) is 0.320. The number of carbonyl (C=O) groups is 2. The second-order valence-corrected chi connectivity index (χ2v) is 4.89. The minimum absolute atomic E-state index is 0.136. The fourth-order valence-corrected chi connectivity index (χ4v) is 1.89. The summed E-state index contributed by atoms with van der Waals surface area (Å²) < 4.78 is 4.83. The number of benzene rings is 1. The highest BCUT2D eigenvalue weighted by atomic mass is 16.6. The molecule has 0 spiro atoms. The number of nitro groups is 1. The predicted molar refractivity (Wildman–Crippen MR) is 81.8 cm³/mol. The second-order valence-electron chi connectivity index (χ2n) is 4.89. The fraction of sp³-hybridized carbons (Fsp3) is 0.133. The molecule has 0 radical (unpaired) electrons. The van der Waals surface area contributed by atoms with Crippen LogP contribution in [-0.2, 0) is 16.0 Å². The standard InChI is InChI=1S/C15H12N2O7/c1-8-2-3-9(10(6-8)17(22)23)16-15(21)12(19)7-13-14(20)11(18)4-5-24-13/h2-6,20H,7H2,1H3,(H,16,21). The van der Waals surface area contributed by atoms with Crippen LogP contribution in [0.5, 0.6) is 5.75 Å². The minimum Gasteiger partial charge on any atom is -0.502 e. The summed E-state index contributed by atoms with van der Waals surface area (Å²) in [6.45, 7) is 1.64. The van der Waals surface area contributed by atoms with Gasteiger partial charge in [-0.15, -0.1) is 0 Å². The van der Waals surface area contributed by atoms with Crippen LogP contribution in [0.4, 0.5) is 11.4 Å². The molecule has 0 bridgehead atoms. The van der Waals surface area contributed by atoms with E-state index < -0.39 is 34.2 Å². The van der Waals surface area contributed by atoms with Crippen LogP contribution in [0.25, 0.3) is 0 Å². The fourth-order valence-electron chi connectivity index (χ4n) is 1.89. The molecule has 2 N–H and O–H groups in total. The largest absolute Gasteiger partial charge is 0.502 e. The summed E-state index contributed by atoms with van der Waals surface area (Å²) in [5.74, 6) is -3.29. The number of aromatic hydroxyl groups is 1. The zero-order valence-electron chi connectivity index (χ0n) is 12.4. The van der Waals surface area contributed by atoms with E-state index in [1.165, 1.54) is 18.2 Å². The van der Waals surface area contributed by atoms with E-state index in [0.717, 1.165) is 12.3 Å². The van der Waals surface area contributed by atoms with Gasteiger partial charge in [-0.1, -0.05) is 6.07 Å². The van der Waals surface area contributed by atoms with Gasteiger partial charge in [0.1, 0.15) is 5.69 Å². The van der Waals surface area contributed by atoms with Crippen molar-refractivity contribution in [2.24, 2.45) is 0 Å². The van der Waals surface area contributed by atoms with Crippen molar-refractivity contribution in [3.8, 4) is 5.75 Å². The van der Waals surface area contributed by atoms with Gasteiger partial charge in [0.2, 0.25) is 17.0 Å². The van der Waals surface area contributed by atoms with Crippen molar-refractivity contribution in [3.63, 3.8) is 0 Å². The van der Waals surface area contributed by atoms with Gasteiger partial charge in [0.05, 0.1) is 17.6 Å². The van der Waals surface area contributed by atoms with Crippen LogP contribution >= 0.6 is 0 Å². The van der Waals surface area contributed by atoms with Crippen molar-refractivity contribution in [2.45, 2.75) is 13.3 Å². The van der Waals surface area contributed by atoms with E-state index in [0.29, 0.717) is 5.56 Å². The van der Waals surface area contributed by atoms with Crippen LogP contribution in [0.15, 0.2) is 39.7 Å². The van der Waals surface area contributed by atoms with Crippen LogP contribution in [0.3, 0.4) is 0 Å². The van der Waals surface area contributed by atoms with Gasteiger partial charge < -0.3 is 14.8 Å². The number of hydrogen-bond acceptors (Lipinski definition) is 7. The van der Waals surface area contributed by atoms with Crippen molar-refractivity contribution in [1.29, 1.82) is 0 Å². The highest BCUT2D eigenvalue weighted by Gasteiger charge is 2.22. The van der Waals surface area contributed by atoms with Crippen LogP contribution < -0.4 is 10.7 Å². The van der Waals surface area contributed by atoms with E-state index >= 15 is 0 Å². The first-order valence-corrected chi connectivity index (χ1v) is 6.68. The summed E-state index contributed by atoms with van der Waals surface area (Å²) >= 11 is 0. The molecule has 0 aliphatic carbocycles. The second kappa shape index (κ2) is 6.73. The van der Waals surface area contributed by atoms with Crippen molar-refractivity contribution >= 4 is 23.1 Å². The molecule has 0 saturated carbocycles. The Balaban J connectivity index is 2.18. The van der Waals surface area contributed by atoms with E-state index in [1.54, 1.807) is 6.92 Å². The number of nitrogens with one attached hydrogen (secondary N) is 1. The Labute approximate surface area is 134 Å². The maximum Gasteiger partial charge on any atom is 0.293 e. The van der Waals surface area contributed by atoms with Gasteiger partial charge in [-0.25, -0.2) is 0 Å². The topological polar surface area (TPSA) is 140 Å². The number of carbonyl (C=O) groups excluding carboxylic acids is 2. The number of nitro benzene ring substituents is 1. The molecule has 1 aromatic carbocycles. The average Bonchev–Trinajstić information content (AvgIpc) is 2.53. The lowest BCUT2D eigenvalue weighted by atomic mass is 10.1. The lowest BCUT2D eigenvalue weighted by Crippen LogP contribution is -2.25. The van der Waals surface area contributed by atoms with Crippen LogP contribution in [0.1, 0.15) is 11.3 Å². The first-order valence-electron chi connectivity index (χ1n) is 6.68. The number of Topliss-reactive ketones (excluding diaryl/α,β-unsaturated/α-hetero) is 1. The molecular weight excluding hydrogens is 320 g/mol. The maximum absolute atomic E-state index is 11.9. The number of ketones is 1. The predicted octanol–water partition coefficient (Wildman–Crippen LogP) is 1.31. The molecule has 2 aromatic rings. The molecule has 9 heteroatoms. The molecule has 0 aliphatic rings. The lowest BCUT2D eigenvalue weighted by molar-refractivity contribution is -0.384. The van der Waals surface area contributed by atoms with Crippen molar-refractivity contribution in [1.82, 2.24) is 0 Å². The molecule has 1 amide bonds. The van der Waals surface area contributed by atoms with Crippen molar-refractivity contribution in [3.05, 3.63) is 62.2 Å². The Hall–Kier alpha value is -3.49. The normalized spacial score (nSPS) is 10.2. The zero-order valence-corrected chi connectivity index (χ0v) is 12.4. The molecule has 24 heavy (non-hydrogen) atoms. The molecule has 9 nitrogen and oxygen atoms in total. The van der Waals surface area contributed by atoms with Gasteiger partial charge >= 0.3 is 0 Å². The van der Waals surface area contributed by atoms with E-state index in [9.17, 15) is 29.6 Å². The van der Waals surface area contributed by atoms with E-state index in [4.69, 9.17) is 4.42 Å². The third kappa shape index (κ3) is 3.64. The monoisotopic (exact) mass is 332 g/mol. The smallest absolute Gasteiger partial charge is 0.293 e. The molecule has 1 aromatic heterocycles. The van der Waals surface area contributed by atoms with Gasteiger partial charge in [-0.3, -0.25) is 24.5 Å². The van der Waals surface area contributed by atoms with E-state index in [2.05, 4.69) is 5.32 Å². The maximum atomic E-state index is 11.9. The average molecular weight is 332 g/mol. The third-order valence-electron chi connectivity index (χ3n) is 3.10. The summed E-state index contributed by atoms with van der Waals surface area (Å²) in [5.41, 5.74) is -0.631. The Bertz CT molecular complexity index is 886. The quantitative estimate of drug-likeness (QED) is 0.478. The summed E-state index contributed by atoms with van der Waals surface area (Å²) in [4.78, 5) is 45.3. The number of rotatable bonds is 5. The van der Waals surface area contributed by atoms with Crippen molar-refractivity contribution in [2.75, 3.05) is 5.32 Å². The molecule has 0 atom stereocenters. The molecular formula is C15H12N2O7. The Kier molecular flexibility index (Phi) is 4.73. The third-order valence-corrected chi connectivity index (χ3v) is 3.10. The molecule has 2 rings (SSSR count). The first-order chi connectivity index (χ1) is 11.3. The highest BCUT2D eigenvalue weighted by molar-refractivity contribution is 6.41. The van der Waals surface area contributed by atoms with Crippen LogP contribution in [0, 0.1) is 17.0 Å². The number of amides is 1. The zero-order chi connectivity index (χ0) is 17.9. The summed E-state index contributed by atoms with van der Waals surface area (Å²) in [7, 11) is 0. The van der Waals surface area contributed by atoms with Gasteiger partial charge in [-0.2, -0.15) is 0 Å². The van der Waals surface area contributed by atoms with E-state index in [1.807, 2.05) is 0 Å². The molecule has 1 heterocycles. The van der Waals surface area contributed by atoms with Crippen molar-refractivity contribution < 1.29 is 24.0 Å². The molecule has 0 aliphatic heterocycles. The number of hydrogen-bond donors (Lipinski definition) is 2. The Morgan fingerprint density at radius 2 is 2.04 bits per heavy atom. The first kappa shape index (κ1) is 16.9. The molecule has 0 unspecified atom stereocenters. The Morgan fingerprint density at radius 1 is 1.33 bits per heavy atom. The van der Waals surface area contributed by atoms with Crippen LogP contribution in [-0.4, -0.2) is 21.7 Å². The highest BCUT2D eigenvalue weighted by Crippen LogP contribution is 2.25. The van der Waals surface area contributed by atoms with E-state index in [-0.39, 0.29) is 17.1 Å². The molecule has 0 fully saturated rings. The van der Waals surface area contributed by atoms with Crippen LogP contribution in [0.2, 0.25) is 0 Å². The molecule has 0 saturated heterocycles. The number of nitrogens with zero attached hydrogens (tertiary/aromatic N) is 1. The summed E-state index contributed by atoms with van der Waals surface area (Å²) in [6, 6.07) is 5.05.